The molecule has 0 fully saturated rings. The predicted octanol–water partition coefficient (Wildman–Crippen LogP) is 9.44. The van der Waals surface area contributed by atoms with Gasteiger partial charge in [0.1, 0.15) is 12.4 Å². The summed E-state index contributed by atoms with van der Waals surface area (Å²) in [5.74, 6) is -1.42. The number of ether oxygens (including phenoxy) is 2. The van der Waals surface area contributed by atoms with Crippen LogP contribution in [0.15, 0.2) is 144 Å². The van der Waals surface area contributed by atoms with E-state index < -0.39 is 27.6 Å². The molecule has 7 aromatic carbocycles. The van der Waals surface area contributed by atoms with Gasteiger partial charge in [-0.15, -0.1) is 0 Å². The lowest BCUT2D eigenvalue weighted by Gasteiger charge is -2.35. The first-order valence-corrected chi connectivity index (χ1v) is 20.8. The Morgan fingerprint density at radius 1 is 0.700 bits per heavy atom. The van der Waals surface area contributed by atoms with Crippen LogP contribution in [-0.2, 0) is 31.9 Å². The van der Waals surface area contributed by atoms with Crippen molar-refractivity contribution in [3.05, 3.63) is 190 Å². The van der Waals surface area contributed by atoms with E-state index >= 15 is 4.79 Å². The smallest absolute Gasteiger partial charge is 0.302 e. The molecule has 1 unspecified atom stereocenters. The number of aryl methyl sites for hydroxylation is 3. The lowest BCUT2D eigenvalue weighted by molar-refractivity contribution is -0.142. The van der Waals surface area contributed by atoms with Crippen molar-refractivity contribution in [1.29, 1.82) is 0 Å². The molecule has 1 aliphatic rings. The number of esters is 1. The molecule has 8 rings (SSSR count). The molecular formula is C50H41NO8S. The zero-order valence-electron chi connectivity index (χ0n) is 33.6. The lowest BCUT2D eigenvalue weighted by atomic mass is 9.79. The monoisotopic (exact) mass is 815 g/mol. The van der Waals surface area contributed by atoms with Gasteiger partial charge in [-0.2, -0.15) is 4.31 Å². The average Bonchev–Trinajstić information content (AvgIpc) is 3.48. The highest BCUT2D eigenvalue weighted by Gasteiger charge is 2.57. The zero-order valence-corrected chi connectivity index (χ0v) is 34.5. The maximum Gasteiger partial charge on any atom is 0.302 e. The van der Waals surface area contributed by atoms with E-state index in [2.05, 4.69) is 0 Å². The van der Waals surface area contributed by atoms with Gasteiger partial charge in [0.2, 0.25) is 5.72 Å². The second-order valence-electron chi connectivity index (χ2n) is 15.1. The third-order valence-corrected chi connectivity index (χ3v) is 12.8. The summed E-state index contributed by atoms with van der Waals surface area (Å²) in [6.45, 7) is 6.68. The summed E-state index contributed by atoms with van der Waals surface area (Å²) < 4.78 is 41.6. The van der Waals surface area contributed by atoms with Gasteiger partial charge in [-0.05, 0) is 84.6 Å². The first kappa shape index (κ1) is 39.9. The minimum Gasteiger partial charge on any atom is -0.497 e. The molecule has 0 spiro atoms. The van der Waals surface area contributed by atoms with Crippen molar-refractivity contribution in [2.24, 2.45) is 0 Å². The Morgan fingerprint density at radius 3 is 1.83 bits per heavy atom. The van der Waals surface area contributed by atoms with E-state index in [1.807, 2.05) is 87.5 Å². The van der Waals surface area contributed by atoms with Gasteiger partial charge in [0.25, 0.3) is 15.9 Å². The average molecular weight is 816 g/mol. The van der Waals surface area contributed by atoms with E-state index in [0.717, 1.165) is 16.7 Å². The molecular weight excluding hydrogens is 775 g/mol. The third kappa shape index (κ3) is 6.73. The normalized spacial score (nSPS) is 14.9. The van der Waals surface area contributed by atoms with Crippen molar-refractivity contribution in [3.63, 3.8) is 0 Å². The fraction of sp³-hybridized carbons (Fsp3) is 0.140. The first-order chi connectivity index (χ1) is 28.7. The van der Waals surface area contributed by atoms with Gasteiger partial charge < -0.3 is 14.6 Å². The van der Waals surface area contributed by atoms with Gasteiger partial charge in [-0.3, -0.25) is 14.4 Å². The number of nitrogens with zero attached hydrogens (tertiary/aromatic N) is 1. The number of rotatable bonds is 10. The zero-order chi connectivity index (χ0) is 42.5. The van der Waals surface area contributed by atoms with E-state index in [1.54, 1.807) is 48.5 Å². The highest BCUT2D eigenvalue weighted by Crippen LogP contribution is 2.53. The standard InChI is InChI=1S/C50H41NO8S/c1-30-11-17-35(18-12-30)45-41-27-37(29-59-33(4)52)46(48(53)36-19-13-31(2)14-20-36)44(34-9-7-6-8-10-34)42(41)28-43-47(45)50(55,38-21-23-39(58-5)24-22-38)51(49(43)54)60(56,57)40-25-15-32(3)16-26-40/h6-28,55H,29H2,1-5H3. The number of aliphatic hydroxyl groups is 1. The highest BCUT2D eigenvalue weighted by molar-refractivity contribution is 7.89. The van der Waals surface area contributed by atoms with Crippen molar-refractivity contribution in [2.75, 3.05) is 7.11 Å². The van der Waals surface area contributed by atoms with Crippen molar-refractivity contribution in [3.8, 4) is 28.0 Å². The van der Waals surface area contributed by atoms with Crippen molar-refractivity contribution < 1.29 is 37.4 Å². The Bertz CT molecular complexity index is 2940. The van der Waals surface area contributed by atoms with Crippen LogP contribution < -0.4 is 4.74 Å². The Balaban J connectivity index is 1.57. The van der Waals surface area contributed by atoms with Gasteiger partial charge >= 0.3 is 5.97 Å². The molecule has 0 saturated heterocycles. The van der Waals surface area contributed by atoms with Gasteiger partial charge in [0.05, 0.1) is 17.6 Å². The molecule has 1 amide bonds. The number of sulfonamides is 1. The molecule has 300 valence electrons. The number of hydrogen-bond acceptors (Lipinski definition) is 8. The lowest BCUT2D eigenvalue weighted by Crippen LogP contribution is -2.48. The van der Waals surface area contributed by atoms with Crippen LogP contribution in [0.1, 0.15) is 66.6 Å². The number of amides is 1. The van der Waals surface area contributed by atoms with E-state index in [0.29, 0.717) is 54.2 Å². The van der Waals surface area contributed by atoms with E-state index in [1.165, 1.54) is 38.3 Å². The summed E-state index contributed by atoms with van der Waals surface area (Å²) in [5, 5.41) is 14.4. The number of carbonyl (C=O) groups is 3. The van der Waals surface area contributed by atoms with Gasteiger partial charge in [-0.25, -0.2) is 8.42 Å². The molecule has 60 heavy (non-hydrogen) atoms. The molecule has 0 bridgehead atoms. The minimum atomic E-state index is -4.77. The van der Waals surface area contributed by atoms with Crippen LogP contribution in [0.4, 0.5) is 0 Å². The molecule has 1 N–H and O–H groups in total. The summed E-state index contributed by atoms with van der Waals surface area (Å²) in [6, 6.07) is 39.5. The maximum atomic E-state index is 15.3. The number of benzene rings is 7. The van der Waals surface area contributed by atoms with Crippen LogP contribution in [0, 0.1) is 20.8 Å². The Morgan fingerprint density at radius 2 is 1.25 bits per heavy atom. The Kier molecular flexibility index (Phi) is 10.2. The molecule has 1 heterocycles. The van der Waals surface area contributed by atoms with Crippen LogP contribution in [0.2, 0.25) is 0 Å². The molecule has 0 aliphatic carbocycles. The fourth-order valence-corrected chi connectivity index (χ4v) is 9.55. The second kappa shape index (κ2) is 15.4. The number of hydrogen-bond donors (Lipinski definition) is 1. The van der Waals surface area contributed by atoms with Crippen LogP contribution in [0.3, 0.4) is 0 Å². The van der Waals surface area contributed by atoms with Crippen molar-refractivity contribution >= 4 is 38.5 Å². The molecule has 0 saturated carbocycles. The Hall–Kier alpha value is -6.88. The summed E-state index contributed by atoms with van der Waals surface area (Å²) >= 11 is 0. The summed E-state index contributed by atoms with van der Waals surface area (Å²) in [6.07, 6.45) is 0. The molecule has 1 aliphatic heterocycles. The van der Waals surface area contributed by atoms with Gasteiger partial charge in [-0.1, -0.05) is 120 Å². The van der Waals surface area contributed by atoms with Crippen LogP contribution in [0.5, 0.6) is 5.75 Å². The summed E-state index contributed by atoms with van der Waals surface area (Å²) in [5.41, 5.74) is 3.12. The molecule has 9 nitrogen and oxygen atoms in total. The Labute approximate surface area is 348 Å². The quantitative estimate of drug-likeness (QED) is 0.107. The number of fused-ring (bicyclic) bond motifs is 2. The predicted molar refractivity (Wildman–Crippen MR) is 230 cm³/mol. The second-order valence-corrected chi connectivity index (χ2v) is 16.8. The SMILES string of the molecule is COc1ccc(C2(O)c3c(cc4c(-c5ccccc5)c(C(=O)c5ccc(C)cc5)c(COC(C)=O)cc4c3-c3ccc(C)cc3)C(=O)N2S(=O)(=O)c2ccc(C)cc2)cc1. The number of carbonyl (C=O) groups excluding carboxylic acids is 3. The number of methoxy groups -OCH3 is 1. The van der Waals surface area contributed by atoms with Crippen LogP contribution in [0.25, 0.3) is 33.0 Å². The molecule has 0 aromatic heterocycles. The fourth-order valence-electron chi connectivity index (χ4n) is 8.00. The van der Waals surface area contributed by atoms with E-state index in [9.17, 15) is 23.1 Å². The number of ketones is 1. The minimum absolute atomic E-state index is 0.0276. The van der Waals surface area contributed by atoms with E-state index in [-0.39, 0.29) is 39.5 Å². The molecule has 10 heteroatoms. The molecule has 1 atom stereocenters. The third-order valence-electron chi connectivity index (χ3n) is 11.0. The topological polar surface area (TPSA) is 127 Å². The largest absolute Gasteiger partial charge is 0.497 e. The van der Waals surface area contributed by atoms with Crippen LogP contribution >= 0.6 is 0 Å². The van der Waals surface area contributed by atoms with E-state index in [4.69, 9.17) is 9.47 Å². The van der Waals surface area contributed by atoms with Gasteiger partial charge in [0, 0.05) is 40.3 Å². The first-order valence-electron chi connectivity index (χ1n) is 19.3. The van der Waals surface area contributed by atoms with Crippen LogP contribution in [-0.4, -0.2) is 42.6 Å². The van der Waals surface area contributed by atoms with Gasteiger partial charge in [0.15, 0.2) is 5.78 Å². The molecule has 7 aromatic rings. The summed E-state index contributed by atoms with van der Waals surface area (Å²) in [4.78, 5) is 42.4. The molecule has 0 radical (unpaired) electrons. The summed E-state index contributed by atoms with van der Waals surface area (Å²) in [7, 11) is -3.28. The van der Waals surface area contributed by atoms with Crippen molar-refractivity contribution in [2.45, 2.75) is 44.9 Å². The maximum absolute atomic E-state index is 15.3. The highest BCUT2D eigenvalue weighted by atomic mass is 32.2. The van der Waals surface area contributed by atoms with Crippen molar-refractivity contribution in [1.82, 2.24) is 4.31 Å².